The molecule has 32 heavy (non-hydrogen) atoms. The van der Waals surface area contributed by atoms with Crippen molar-refractivity contribution in [1.29, 1.82) is 0 Å². The first-order chi connectivity index (χ1) is 15.4. The fraction of sp³-hybridized carbons (Fsp3) is 0.0800. The summed E-state index contributed by atoms with van der Waals surface area (Å²) >= 11 is 5.70. The van der Waals surface area contributed by atoms with Gasteiger partial charge < -0.3 is 10.1 Å². The van der Waals surface area contributed by atoms with Gasteiger partial charge in [-0.1, -0.05) is 29.5 Å². The molecule has 1 N–H and O–H groups in total. The first kappa shape index (κ1) is 21.3. The number of hydrogen-bond donors (Lipinski definition) is 1. The summed E-state index contributed by atoms with van der Waals surface area (Å²) in [5.41, 5.74) is 2.58. The molecule has 1 aliphatic heterocycles. The van der Waals surface area contributed by atoms with E-state index in [-0.39, 0.29) is 10.6 Å². The number of anilines is 1. The van der Waals surface area contributed by atoms with E-state index in [1.807, 2.05) is 6.07 Å². The van der Waals surface area contributed by atoms with Gasteiger partial charge in [-0.3, -0.25) is 9.59 Å². The lowest BCUT2D eigenvalue weighted by Gasteiger charge is -2.18. The molecule has 0 atom stereocenters. The maximum Gasteiger partial charge on any atom is 0.259 e. The van der Waals surface area contributed by atoms with Crippen LogP contribution in [0.3, 0.4) is 0 Å². The third kappa shape index (κ3) is 4.53. The molecule has 0 saturated heterocycles. The van der Waals surface area contributed by atoms with Crippen molar-refractivity contribution >= 4 is 35.1 Å². The Labute approximate surface area is 188 Å². The molecule has 158 valence electrons. The van der Waals surface area contributed by atoms with Crippen molar-refractivity contribution in [3.63, 3.8) is 0 Å². The van der Waals surface area contributed by atoms with Crippen molar-refractivity contribution in [2.75, 3.05) is 12.4 Å². The summed E-state index contributed by atoms with van der Waals surface area (Å²) in [6.07, 6.45) is 3.47. The zero-order valence-electron chi connectivity index (χ0n) is 16.9. The molecule has 2 heterocycles. The number of amides is 1. The molecule has 1 aromatic heterocycles. The summed E-state index contributed by atoms with van der Waals surface area (Å²) in [5.74, 6) is 4.97. The molecule has 7 heteroatoms. The summed E-state index contributed by atoms with van der Waals surface area (Å²) in [5, 5.41) is 2.65. The number of carbonyl (C=O) groups is 2. The van der Waals surface area contributed by atoms with Crippen LogP contribution in [0.25, 0.3) is 6.08 Å². The number of nitrogens with zero attached hydrogens (tertiary/aromatic N) is 1. The van der Waals surface area contributed by atoms with Gasteiger partial charge in [-0.05, 0) is 53.6 Å². The number of aromatic nitrogens is 1. The molecule has 0 aliphatic carbocycles. The normalized spacial score (nSPS) is 13.8. The lowest BCUT2D eigenvalue weighted by Crippen LogP contribution is -2.27. The molecule has 0 bridgehead atoms. The van der Waals surface area contributed by atoms with E-state index in [4.69, 9.17) is 16.3 Å². The zero-order valence-corrected chi connectivity index (χ0v) is 17.7. The zero-order chi connectivity index (χ0) is 22.7. The second-order valence-corrected chi connectivity index (χ2v) is 7.37. The standard InChI is InChI=1S/C25H16ClFN2O3/c1-32-23-14-16(9-10-28-23)4-2-3-15-6-8-22-18(11-15)24(30)19(25(31)29-22)12-17-5-7-20(26)21(27)13-17/h5-14H,4H2,1H3,(H,29,31). The molecule has 0 fully saturated rings. The quantitative estimate of drug-likeness (QED) is 0.360. The van der Waals surface area contributed by atoms with Crippen LogP contribution in [0.4, 0.5) is 10.1 Å². The summed E-state index contributed by atoms with van der Waals surface area (Å²) < 4.78 is 18.8. The maximum atomic E-state index is 13.7. The molecule has 0 radical (unpaired) electrons. The minimum Gasteiger partial charge on any atom is -0.481 e. The molecule has 0 saturated carbocycles. The lowest BCUT2D eigenvalue weighted by molar-refractivity contribution is -0.112. The van der Waals surface area contributed by atoms with Gasteiger partial charge in [0.05, 0.1) is 23.4 Å². The number of Topliss-reactive ketones (excluding diaryl/α,β-unsaturated/α-hetero) is 1. The summed E-state index contributed by atoms with van der Waals surface area (Å²) in [6.45, 7) is 0. The van der Waals surface area contributed by atoms with Crippen LogP contribution in [0.1, 0.15) is 27.0 Å². The molecule has 2 aromatic carbocycles. The van der Waals surface area contributed by atoms with Crippen molar-refractivity contribution < 1.29 is 18.7 Å². The molecule has 1 amide bonds. The Hall–Kier alpha value is -3.95. The van der Waals surface area contributed by atoms with E-state index in [1.165, 1.54) is 24.3 Å². The minimum atomic E-state index is -0.630. The first-order valence-corrected chi connectivity index (χ1v) is 9.97. The molecule has 4 rings (SSSR count). The smallest absolute Gasteiger partial charge is 0.259 e. The monoisotopic (exact) mass is 446 g/mol. The maximum absolute atomic E-state index is 13.7. The van der Waals surface area contributed by atoms with Crippen molar-refractivity contribution in [2.45, 2.75) is 6.42 Å². The fourth-order valence-electron chi connectivity index (χ4n) is 3.18. The summed E-state index contributed by atoms with van der Waals surface area (Å²) in [7, 11) is 1.55. The molecule has 0 spiro atoms. The number of methoxy groups -OCH3 is 1. The van der Waals surface area contributed by atoms with Crippen LogP contribution in [-0.4, -0.2) is 23.8 Å². The SMILES string of the molecule is COc1cc(CC#Cc2ccc3c(c2)C(=O)C(=Cc2ccc(Cl)c(F)c2)C(=O)N3)ccn1. The van der Waals surface area contributed by atoms with Crippen molar-refractivity contribution in [3.8, 4) is 17.7 Å². The topological polar surface area (TPSA) is 68.3 Å². The van der Waals surface area contributed by atoms with Gasteiger partial charge in [-0.2, -0.15) is 0 Å². The lowest BCUT2D eigenvalue weighted by atomic mass is 9.93. The van der Waals surface area contributed by atoms with Crippen LogP contribution in [0.5, 0.6) is 5.88 Å². The van der Waals surface area contributed by atoms with Gasteiger partial charge in [0.25, 0.3) is 5.91 Å². The average Bonchev–Trinajstić information content (AvgIpc) is 2.79. The highest BCUT2D eigenvalue weighted by atomic mass is 35.5. The largest absolute Gasteiger partial charge is 0.481 e. The van der Waals surface area contributed by atoms with Gasteiger partial charge in [0, 0.05) is 29.8 Å². The number of hydrogen-bond acceptors (Lipinski definition) is 4. The fourth-order valence-corrected chi connectivity index (χ4v) is 3.29. The molecular formula is C25H16ClFN2O3. The number of fused-ring (bicyclic) bond motifs is 1. The second kappa shape index (κ2) is 9.04. The van der Waals surface area contributed by atoms with Crippen LogP contribution in [0.2, 0.25) is 5.02 Å². The highest BCUT2D eigenvalue weighted by Crippen LogP contribution is 2.28. The average molecular weight is 447 g/mol. The van der Waals surface area contributed by atoms with Crippen LogP contribution >= 0.6 is 11.6 Å². The van der Waals surface area contributed by atoms with Crippen molar-refractivity contribution in [3.05, 3.63) is 93.4 Å². The number of benzene rings is 2. The van der Waals surface area contributed by atoms with Gasteiger partial charge in [-0.25, -0.2) is 9.37 Å². The highest BCUT2D eigenvalue weighted by molar-refractivity contribution is 6.36. The number of carbonyl (C=O) groups excluding carboxylic acids is 2. The molecule has 5 nitrogen and oxygen atoms in total. The van der Waals surface area contributed by atoms with E-state index in [0.29, 0.717) is 34.7 Å². The van der Waals surface area contributed by atoms with E-state index in [0.717, 1.165) is 5.56 Å². The minimum absolute atomic E-state index is 0.0367. The van der Waals surface area contributed by atoms with Gasteiger partial charge in [0.1, 0.15) is 5.82 Å². The van der Waals surface area contributed by atoms with Crippen LogP contribution in [-0.2, 0) is 11.2 Å². The van der Waals surface area contributed by atoms with Gasteiger partial charge in [-0.15, -0.1) is 0 Å². The Morgan fingerprint density at radius 1 is 1.16 bits per heavy atom. The van der Waals surface area contributed by atoms with Crippen LogP contribution in [0.15, 0.2) is 60.3 Å². The third-order valence-electron chi connectivity index (χ3n) is 4.79. The number of halogens is 2. The van der Waals surface area contributed by atoms with Crippen LogP contribution < -0.4 is 10.1 Å². The van der Waals surface area contributed by atoms with E-state index < -0.39 is 17.5 Å². The van der Waals surface area contributed by atoms with Crippen molar-refractivity contribution in [2.24, 2.45) is 0 Å². The predicted molar refractivity (Wildman–Crippen MR) is 120 cm³/mol. The first-order valence-electron chi connectivity index (χ1n) is 9.59. The number of ketones is 1. The predicted octanol–water partition coefficient (Wildman–Crippen LogP) is 4.70. The van der Waals surface area contributed by atoms with E-state index in [9.17, 15) is 14.0 Å². The number of rotatable bonds is 3. The molecular weight excluding hydrogens is 431 g/mol. The van der Waals surface area contributed by atoms with E-state index in [2.05, 4.69) is 22.1 Å². The molecule has 3 aromatic rings. The van der Waals surface area contributed by atoms with Gasteiger partial charge in [0.15, 0.2) is 0 Å². The van der Waals surface area contributed by atoms with Gasteiger partial charge >= 0.3 is 0 Å². The molecule has 1 aliphatic rings. The Morgan fingerprint density at radius 2 is 2.00 bits per heavy atom. The Kier molecular flexibility index (Phi) is 6.02. The van der Waals surface area contributed by atoms with E-state index >= 15 is 0 Å². The Morgan fingerprint density at radius 3 is 2.78 bits per heavy atom. The van der Waals surface area contributed by atoms with Crippen molar-refractivity contribution in [1.82, 2.24) is 4.98 Å². The third-order valence-corrected chi connectivity index (χ3v) is 5.10. The summed E-state index contributed by atoms with van der Waals surface area (Å²) in [4.78, 5) is 29.5. The highest BCUT2D eigenvalue weighted by Gasteiger charge is 2.28. The summed E-state index contributed by atoms with van der Waals surface area (Å²) in [6, 6.07) is 12.7. The number of nitrogens with one attached hydrogen (secondary N) is 1. The molecule has 0 unspecified atom stereocenters. The second-order valence-electron chi connectivity index (χ2n) is 6.96. The number of pyridine rings is 1. The Balaban J connectivity index is 1.60. The van der Waals surface area contributed by atoms with E-state index in [1.54, 1.807) is 37.6 Å². The van der Waals surface area contributed by atoms with Gasteiger partial charge in [0.2, 0.25) is 11.7 Å². The number of ether oxygens (including phenoxy) is 1. The Bertz CT molecular complexity index is 1340. The van der Waals surface area contributed by atoms with Crippen LogP contribution in [0, 0.1) is 17.7 Å².